The van der Waals surface area contributed by atoms with Crippen molar-refractivity contribution in [3.8, 4) is 0 Å². The van der Waals surface area contributed by atoms with Crippen LogP contribution in [0.15, 0.2) is 24.3 Å². The lowest BCUT2D eigenvalue weighted by Gasteiger charge is -2.27. The molecule has 8 nitrogen and oxygen atoms in total. The average Bonchev–Trinajstić information content (AvgIpc) is 3.36. The molecule has 2 fully saturated rings. The summed E-state index contributed by atoms with van der Waals surface area (Å²) in [6, 6.07) is 6.65. The number of carbonyl (C=O) groups excluding carboxylic acids is 4. The van der Waals surface area contributed by atoms with Gasteiger partial charge in [0, 0.05) is 25.6 Å². The number of rotatable bonds is 5. The van der Waals surface area contributed by atoms with Crippen molar-refractivity contribution >= 4 is 23.7 Å². The molecule has 0 radical (unpaired) electrons. The third-order valence-corrected chi connectivity index (χ3v) is 5.82. The van der Waals surface area contributed by atoms with Gasteiger partial charge in [-0.25, -0.2) is 4.79 Å². The van der Waals surface area contributed by atoms with Crippen LogP contribution in [-0.4, -0.2) is 70.8 Å². The molecule has 3 aliphatic rings. The van der Waals surface area contributed by atoms with Gasteiger partial charge < -0.3 is 9.74 Å². The fourth-order valence-electron chi connectivity index (χ4n) is 4.29. The number of nitrogens with zero attached hydrogens (tertiary/aromatic N) is 3. The highest BCUT2D eigenvalue weighted by Gasteiger charge is 2.43. The maximum Gasteiger partial charge on any atom is 0.338 e. The SMILES string of the molecule is CCN1CCCC1CN1CC(C(=O)ON2C(=O)c3ccccc3C2=O)CC1=O. The highest BCUT2D eigenvalue weighted by Crippen LogP contribution is 2.27. The fourth-order valence-corrected chi connectivity index (χ4v) is 4.29. The third-order valence-electron chi connectivity index (χ3n) is 5.82. The Hall–Kier alpha value is -2.74. The number of hydrogen-bond donors (Lipinski definition) is 0. The van der Waals surface area contributed by atoms with E-state index in [1.165, 1.54) is 12.1 Å². The third kappa shape index (κ3) is 3.17. The predicted molar refractivity (Wildman–Crippen MR) is 98.0 cm³/mol. The van der Waals surface area contributed by atoms with E-state index < -0.39 is 23.7 Å². The minimum Gasteiger partial charge on any atom is -0.340 e. The van der Waals surface area contributed by atoms with Gasteiger partial charge in [-0.3, -0.25) is 19.3 Å². The maximum absolute atomic E-state index is 12.5. The first-order valence-electron chi connectivity index (χ1n) is 9.71. The Morgan fingerprint density at radius 1 is 1.14 bits per heavy atom. The van der Waals surface area contributed by atoms with Gasteiger partial charge in [0.1, 0.15) is 0 Å². The summed E-state index contributed by atoms with van der Waals surface area (Å²) in [5, 5.41) is 0.510. The number of imide groups is 1. The minimum atomic E-state index is -0.718. The van der Waals surface area contributed by atoms with Crippen molar-refractivity contribution in [1.82, 2.24) is 14.9 Å². The van der Waals surface area contributed by atoms with Crippen molar-refractivity contribution in [2.75, 3.05) is 26.2 Å². The standard InChI is InChI=1S/C20H23N3O5/c1-2-21-9-5-6-14(21)12-22-11-13(10-17(22)24)20(27)28-23-18(25)15-7-3-4-8-16(15)19(23)26/h3-4,7-8,13-14H,2,5-6,9-12H2,1H3. The van der Waals surface area contributed by atoms with Crippen LogP contribution in [0.2, 0.25) is 0 Å². The van der Waals surface area contributed by atoms with Crippen LogP contribution < -0.4 is 0 Å². The van der Waals surface area contributed by atoms with Crippen LogP contribution in [0.5, 0.6) is 0 Å². The van der Waals surface area contributed by atoms with E-state index in [0.717, 1.165) is 25.9 Å². The van der Waals surface area contributed by atoms with Crippen LogP contribution >= 0.6 is 0 Å². The Bertz CT molecular complexity index is 804. The highest BCUT2D eigenvalue weighted by molar-refractivity contribution is 6.20. The number of benzene rings is 1. The van der Waals surface area contributed by atoms with Crippen molar-refractivity contribution < 1.29 is 24.0 Å². The van der Waals surface area contributed by atoms with Crippen molar-refractivity contribution in [1.29, 1.82) is 0 Å². The molecule has 3 amide bonds. The van der Waals surface area contributed by atoms with E-state index in [1.54, 1.807) is 17.0 Å². The molecular weight excluding hydrogens is 362 g/mol. The highest BCUT2D eigenvalue weighted by atomic mass is 16.7. The van der Waals surface area contributed by atoms with Crippen molar-refractivity contribution in [2.24, 2.45) is 5.92 Å². The summed E-state index contributed by atoms with van der Waals surface area (Å²) in [4.78, 5) is 58.7. The molecule has 0 aromatic heterocycles. The molecule has 2 unspecified atom stereocenters. The quantitative estimate of drug-likeness (QED) is 0.705. The van der Waals surface area contributed by atoms with E-state index in [9.17, 15) is 19.2 Å². The summed E-state index contributed by atoms with van der Waals surface area (Å²) in [7, 11) is 0. The molecule has 0 bridgehead atoms. The Morgan fingerprint density at radius 2 is 1.82 bits per heavy atom. The number of likely N-dealkylation sites (tertiary alicyclic amines) is 2. The first-order chi connectivity index (χ1) is 13.5. The Balaban J connectivity index is 1.38. The number of fused-ring (bicyclic) bond motifs is 1. The first kappa shape index (κ1) is 18.6. The molecule has 2 atom stereocenters. The number of likely N-dealkylation sites (N-methyl/N-ethyl adjacent to an activating group) is 1. The summed E-state index contributed by atoms with van der Waals surface area (Å²) in [5.74, 6) is -2.79. The van der Waals surface area contributed by atoms with Crippen molar-refractivity contribution in [3.63, 3.8) is 0 Å². The molecule has 28 heavy (non-hydrogen) atoms. The summed E-state index contributed by atoms with van der Waals surface area (Å²) < 4.78 is 0. The average molecular weight is 385 g/mol. The van der Waals surface area contributed by atoms with E-state index in [4.69, 9.17) is 4.84 Å². The van der Waals surface area contributed by atoms with Crippen LogP contribution in [-0.2, 0) is 14.4 Å². The predicted octanol–water partition coefficient (Wildman–Crippen LogP) is 1.07. The Labute approximate surface area is 163 Å². The van der Waals surface area contributed by atoms with E-state index >= 15 is 0 Å². The lowest BCUT2D eigenvalue weighted by molar-refractivity contribution is -0.173. The zero-order valence-corrected chi connectivity index (χ0v) is 15.8. The fraction of sp³-hybridized carbons (Fsp3) is 0.500. The lowest BCUT2D eigenvalue weighted by Crippen LogP contribution is -2.41. The molecule has 1 aromatic rings. The second kappa shape index (κ2) is 7.35. The van der Waals surface area contributed by atoms with E-state index in [-0.39, 0.29) is 30.0 Å². The van der Waals surface area contributed by atoms with Crippen molar-refractivity contribution in [3.05, 3.63) is 35.4 Å². The minimum absolute atomic E-state index is 0.0425. The first-order valence-corrected chi connectivity index (χ1v) is 9.71. The molecule has 4 rings (SSSR count). The lowest BCUT2D eigenvalue weighted by atomic mass is 10.1. The second-order valence-electron chi connectivity index (χ2n) is 7.48. The molecule has 0 spiro atoms. The Kier molecular flexibility index (Phi) is 4.89. The summed E-state index contributed by atoms with van der Waals surface area (Å²) in [6.45, 7) is 4.94. The van der Waals surface area contributed by atoms with E-state index in [2.05, 4.69) is 11.8 Å². The molecule has 3 heterocycles. The topological polar surface area (TPSA) is 87.2 Å². The van der Waals surface area contributed by atoms with Crippen molar-refractivity contribution in [2.45, 2.75) is 32.2 Å². The zero-order valence-electron chi connectivity index (χ0n) is 15.8. The van der Waals surface area contributed by atoms with Gasteiger partial charge in [0.2, 0.25) is 5.91 Å². The van der Waals surface area contributed by atoms with Gasteiger partial charge >= 0.3 is 5.97 Å². The number of amides is 3. The van der Waals surface area contributed by atoms with Crippen LogP contribution in [0.4, 0.5) is 0 Å². The smallest absolute Gasteiger partial charge is 0.338 e. The van der Waals surface area contributed by atoms with Gasteiger partial charge in [0.15, 0.2) is 0 Å². The second-order valence-corrected chi connectivity index (χ2v) is 7.48. The van der Waals surface area contributed by atoms with Gasteiger partial charge in [-0.15, -0.1) is 0 Å². The molecule has 1 aromatic carbocycles. The molecule has 0 aliphatic carbocycles. The van der Waals surface area contributed by atoms with Gasteiger partial charge in [0.25, 0.3) is 11.8 Å². The molecule has 2 saturated heterocycles. The molecule has 148 valence electrons. The molecular formula is C20H23N3O5. The van der Waals surface area contributed by atoms with Crippen LogP contribution in [0.25, 0.3) is 0 Å². The van der Waals surface area contributed by atoms with Crippen LogP contribution in [0.3, 0.4) is 0 Å². The summed E-state index contributed by atoms with van der Waals surface area (Å²) in [5.41, 5.74) is 0.427. The van der Waals surface area contributed by atoms with Crippen LogP contribution in [0, 0.1) is 5.92 Å². The van der Waals surface area contributed by atoms with Crippen LogP contribution in [0.1, 0.15) is 46.9 Å². The van der Waals surface area contributed by atoms with Gasteiger partial charge in [-0.1, -0.05) is 24.1 Å². The summed E-state index contributed by atoms with van der Waals surface area (Å²) >= 11 is 0. The zero-order chi connectivity index (χ0) is 19.8. The molecule has 0 saturated carbocycles. The number of carbonyl (C=O) groups is 4. The Morgan fingerprint density at radius 3 is 2.46 bits per heavy atom. The normalized spacial score (nSPS) is 25.0. The van der Waals surface area contributed by atoms with E-state index in [0.29, 0.717) is 17.6 Å². The molecule has 8 heteroatoms. The number of hydroxylamine groups is 2. The molecule has 0 N–H and O–H groups in total. The number of hydrogen-bond acceptors (Lipinski definition) is 6. The largest absolute Gasteiger partial charge is 0.340 e. The van der Waals surface area contributed by atoms with Gasteiger partial charge in [-0.2, -0.15) is 0 Å². The molecule has 3 aliphatic heterocycles. The van der Waals surface area contributed by atoms with Gasteiger partial charge in [-0.05, 0) is 38.1 Å². The van der Waals surface area contributed by atoms with E-state index in [1.807, 2.05) is 0 Å². The monoisotopic (exact) mass is 385 g/mol. The van der Waals surface area contributed by atoms with Gasteiger partial charge in [0.05, 0.1) is 17.0 Å². The summed E-state index contributed by atoms with van der Waals surface area (Å²) in [6.07, 6.45) is 2.20. The maximum atomic E-state index is 12.5.